The summed E-state index contributed by atoms with van der Waals surface area (Å²) in [7, 11) is 0. The van der Waals surface area contributed by atoms with Crippen molar-refractivity contribution in [2.75, 3.05) is 0 Å². The van der Waals surface area contributed by atoms with Gasteiger partial charge in [-0.15, -0.1) is 0 Å². The van der Waals surface area contributed by atoms with Gasteiger partial charge in [0, 0.05) is 23.8 Å². The van der Waals surface area contributed by atoms with Crippen molar-refractivity contribution in [1.82, 2.24) is 9.55 Å². The Morgan fingerprint density at radius 3 is 2.55 bits per heavy atom. The van der Waals surface area contributed by atoms with Gasteiger partial charge in [-0.3, -0.25) is 0 Å². The molecule has 1 aromatic heterocycles. The Bertz CT molecular complexity index is 667. The van der Waals surface area contributed by atoms with Crippen molar-refractivity contribution in [3.63, 3.8) is 0 Å². The third-order valence-electron chi connectivity index (χ3n) is 4.53. The van der Waals surface area contributed by atoms with E-state index >= 15 is 0 Å². The predicted octanol–water partition coefficient (Wildman–Crippen LogP) is 3.06. The fourth-order valence-corrected chi connectivity index (χ4v) is 3.18. The maximum absolute atomic E-state index is 6.09. The first-order chi connectivity index (χ1) is 9.47. The third kappa shape index (κ3) is 2.06. The molecule has 1 aliphatic rings. The van der Waals surface area contributed by atoms with E-state index in [1.807, 2.05) is 0 Å². The average Bonchev–Trinajstić information content (AvgIpc) is 2.71. The number of hydrogen-bond donors (Lipinski definition) is 1. The third-order valence-corrected chi connectivity index (χ3v) is 4.53. The lowest BCUT2D eigenvalue weighted by atomic mass is 9.95. The Morgan fingerprint density at radius 1 is 1.10 bits per heavy atom. The quantitative estimate of drug-likeness (QED) is 0.864. The Hall–Kier alpha value is -1.61. The highest BCUT2D eigenvalue weighted by molar-refractivity contribution is 5.68. The van der Waals surface area contributed by atoms with Crippen molar-refractivity contribution in [1.29, 1.82) is 0 Å². The van der Waals surface area contributed by atoms with E-state index in [-0.39, 0.29) is 6.04 Å². The van der Waals surface area contributed by atoms with Crippen LogP contribution in [0.3, 0.4) is 0 Å². The summed E-state index contributed by atoms with van der Waals surface area (Å²) in [5, 5.41) is 0. The molecule has 2 heterocycles. The van der Waals surface area contributed by atoms with Crippen LogP contribution in [0.4, 0.5) is 0 Å². The lowest BCUT2D eigenvalue weighted by molar-refractivity contribution is 0.454. The molecule has 2 N–H and O–H groups in total. The second-order valence-electron chi connectivity index (χ2n) is 6.12. The molecular formula is C17H23N3. The van der Waals surface area contributed by atoms with Crippen LogP contribution in [0.1, 0.15) is 34.6 Å². The van der Waals surface area contributed by atoms with Gasteiger partial charge in [0.1, 0.15) is 5.82 Å². The summed E-state index contributed by atoms with van der Waals surface area (Å²) >= 11 is 0. The van der Waals surface area contributed by atoms with Gasteiger partial charge in [-0.05, 0) is 63.3 Å². The normalized spacial score (nSPS) is 18.1. The van der Waals surface area contributed by atoms with Crippen LogP contribution in [0.15, 0.2) is 12.1 Å². The van der Waals surface area contributed by atoms with Crippen LogP contribution >= 0.6 is 0 Å². The summed E-state index contributed by atoms with van der Waals surface area (Å²) in [6.07, 6.45) is 2.09. The Kier molecular flexibility index (Phi) is 3.17. The summed E-state index contributed by atoms with van der Waals surface area (Å²) in [5.74, 6) is 1.09. The Balaban J connectivity index is 2.17. The van der Waals surface area contributed by atoms with Crippen LogP contribution in [-0.2, 0) is 13.0 Å². The Morgan fingerprint density at radius 2 is 1.80 bits per heavy atom. The zero-order valence-corrected chi connectivity index (χ0v) is 12.8. The molecular weight excluding hydrogens is 246 g/mol. The number of nitrogens with zero attached hydrogens (tertiary/aromatic N) is 2. The van der Waals surface area contributed by atoms with E-state index in [0.717, 1.165) is 30.9 Å². The topological polar surface area (TPSA) is 43.8 Å². The fourth-order valence-electron chi connectivity index (χ4n) is 3.18. The highest BCUT2D eigenvalue weighted by atomic mass is 15.1. The van der Waals surface area contributed by atoms with Gasteiger partial charge in [0.2, 0.25) is 0 Å². The monoisotopic (exact) mass is 269 g/mol. The second kappa shape index (κ2) is 4.74. The standard InChI is InChI=1S/C17H23N3/c1-10-7-12(3)15(8-11(10)2)17-16-6-5-14(18)9-20(16)13(4)19-17/h7-8,14H,5-6,9,18H2,1-4H3. The van der Waals surface area contributed by atoms with Crippen molar-refractivity contribution in [3.8, 4) is 11.3 Å². The maximum atomic E-state index is 6.09. The lowest BCUT2D eigenvalue weighted by Gasteiger charge is -2.22. The number of nitrogens with two attached hydrogens (primary N) is 1. The van der Waals surface area contributed by atoms with Crippen LogP contribution in [0, 0.1) is 27.7 Å². The number of fused-ring (bicyclic) bond motifs is 1. The molecule has 3 rings (SSSR count). The maximum Gasteiger partial charge on any atom is 0.106 e. The van der Waals surface area contributed by atoms with Crippen molar-refractivity contribution in [2.45, 2.75) is 53.1 Å². The minimum Gasteiger partial charge on any atom is -0.330 e. The number of aryl methyl sites for hydroxylation is 4. The predicted molar refractivity (Wildman–Crippen MR) is 82.9 cm³/mol. The molecule has 0 spiro atoms. The lowest BCUT2D eigenvalue weighted by Crippen LogP contribution is -2.32. The van der Waals surface area contributed by atoms with Crippen molar-refractivity contribution < 1.29 is 0 Å². The van der Waals surface area contributed by atoms with Gasteiger partial charge in [0.05, 0.1) is 5.69 Å². The molecule has 3 heteroatoms. The molecule has 3 nitrogen and oxygen atoms in total. The first kappa shape index (κ1) is 13.4. The van der Waals surface area contributed by atoms with E-state index in [1.165, 1.54) is 27.9 Å². The van der Waals surface area contributed by atoms with E-state index in [4.69, 9.17) is 10.7 Å². The van der Waals surface area contributed by atoms with Gasteiger partial charge in [-0.25, -0.2) is 4.98 Å². The zero-order chi connectivity index (χ0) is 14.4. The molecule has 0 bridgehead atoms. The number of hydrogen-bond acceptors (Lipinski definition) is 2. The molecule has 20 heavy (non-hydrogen) atoms. The summed E-state index contributed by atoms with van der Waals surface area (Å²) in [6.45, 7) is 9.50. The Labute approximate surface area is 120 Å². The summed E-state index contributed by atoms with van der Waals surface area (Å²) in [6, 6.07) is 4.81. The van der Waals surface area contributed by atoms with Gasteiger partial charge in [-0.1, -0.05) is 6.07 Å². The van der Waals surface area contributed by atoms with Crippen LogP contribution in [0.5, 0.6) is 0 Å². The average molecular weight is 269 g/mol. The largest absolute Gasteiger partial charge is 0.330 e. The second-order valence-corrected chi connectivity index (χ2v) is 6.12. The smallest absolute Gasteiger partial charge is 0.106 e. The molecule has 0 saturated carbocycles. The van der Waals surface area contributed by atoms with Crippen molar-refractivity contribution in [2.24, 2.45) is 5.73 Å². The molecule has 0 amide bonds. The molecule has 1 unspecified atom stereocenters. The van der Waals surface area contributed by atoms with Crippen LogP contribution < -0.4 is 5.73 Å². The molecule has 0 radical (unpaired) electrons. The fraction of sp³-hybridized carbons (Fsp3) is 0.471. The highest BCUT2D eigenvalue weighted by Crippen LogP contribution is 2.32. The summed E-state index contributed by atoms with van der Waals surface area (Å²) in [4.78, 5) is 4.84. The van der Waals surface area contributed by atoms with Gasteiger partial charge in [-0.2, -0.15) is 0 Å². The van der Waals surface area contributed by atoms with Gasteiger partial charge in [0.25, 0.3) is 0 Å². The number of aromatic nitrogens is 2. The van der Waals surface area contributed by atoms with E-state index in [1.54, 1.807) is 0 Å². The minimum atomic E-state index is 0.268. The van der Waals surface area contributed by atoms with Crippen LogP contribution in [0.25, 0.3) is 11.3 Å². The molecule has 0 fully saturated rings. The zero-order valence-electron chi connectivity index (χ0n) is 12.8. The first-order valence-corrected chi connectivity index (χ1v) is 7.37. The summed E-state index contributed by atoms with van der Waals surface area (Å²) < 4.78 is 2.30. The summed E-state index contributed by atoms with van der Waals surface area (Å²) in [5.41, 5.74) is 13.9. The van der Waals surface area contributed by atoms with Gasteiger partial charge in [0.15, 0.2) is 0 Å². The molecule has 1 aliphatic heterocycles. The molecule has 2 aromatic rings. The van der Waals surface area contributed by atoms with E-state index in [0.29, 0.717) is 0 Å². The van der Waals surface area contributed by atoms with E-state index < -0.39 is 0 Å². The van der Waals surface area contributed by atoms with Crippen LogP contribution in [-0.4, -0.2) is 15.6 Å². The minimum absolute atomic E-state index is 0.268. The molecule has 106 valence electrons. The van der Waals surface area contributed by atoms with E-state index in [9.17, 15) is 0 Å². The molecule has 0 aliphatic carbocycles. The van der Waals surface area contributed by atoms with Crippen molar-refractivity contribution >= 4 is 0 Å². The molecule has 1 atom stereocenters. The SMILES string of the molecule is Cc1cc(C)c(-c2nc(C)n3c2CCC(N)C3)cc1C. The highest BCUT2D eigenvalue weighted by Gasteiger charge is 2.23. The first-order valence-electron chi connectivity index (χ1n) is 7.37. The van der Waals surface area contributed by atoms with Crippen molar-refractivity contribution in [3.05, 3.63) is 40.3 Å². The number of rotatable bonds is 1. The molecule has 0 saturated heterocycles. The number of benzene rings is 1. The van der Waals surface area contributed by atoms with Gasteiger partial charge < -0.3 is 10.3 Å². The molecule has 1 aromatic carbocycles. The van der Waals surface area contributed by atoms with Crippen LogP contribution in [0.2, 0.25) is 0 Å². The van der Waals surface area contributed by atoms with Gasteiger partial charge >= 0.3 is 0 Å². The number of imidazole rings is 1. The van der Waals surface area contributed by atoms with E-state index in [2.05, 4.69) is 44.4 Å².